The maximum absolute atomic E-state index is 11.5. The van der Waals surface area contributed by atoms with Gasteiger partial charge in [0.2, 0.25) is 0 Å². The molecule has 1 N–H and O–H groups in total. The van der Waals surface area contributed by atoms with Gasteiger partial charge in [-0.15, -0.1) is 11.3 Å². The number of rotatable bonds is 4. The molecule has 1 aromatic heterocycles. The Kier molecular flexibility index (Phi) is 4.15. The second-order valence-corrected chi connectivity index (χ2v) is 4.45. The summed E-state index contributed by atoms with van der Waals surface area (Å²) in [4.78, 5) is 15.7. The van der Waals surface area contributed by atoms with E-state index in [4.69, 9.17) is 5.53 Å². The Morgan fingerprint density at radius 2 is 2.40 bits per heavy atom. The number of carbonyl (C=O) groups is 1. The molecular formula is C9H12N4OS. The maximum Gasteiger partial charge on any atom is 0.261 e. The van der Waals surface area contributed by atoms with Crippen LogP contribution in [-0.4, -0.2) is 11.9 Å². The Morgan fingerprint density at radius 3 is 3.00 bits per heavy atom. The van der Waals surface area contributed by atoms with Gasteiger partial charge in [-0.05, 0) is 31.5 Å². The zero-order valence-corrected chi connectivity index (χ0v) is 9.41. The molecule has 5 nitrogen and oxygen atoms in total. The average molecular weight is 224 g/mol. The highest BCUT2D eigenvalue weighted by Crippen LogP contribution is 2.17. The summed E-state index contributed by atoms with van der Waals surface area (Å²) in [5.74, 6) is -0.0813. The van der Waals surface area contributed by atoms with Crippen molar-refractivity contribution in [3.05, 3.63) is 32.3 Å². The van der Waals surface area contributed by atoms with Gasteiger partial charge in [-0.3, -0.25) is 4.79 Å². The van der Waals surface area contributed by atoms with E-state index in [0.29, 0.717) is 11.4 Å². The number of amides is 1. The topological polar surface area (TPSA) is 77.9 Å². The van der Waals surface area contributed by atoms with E-state index in [-0.39, 0.29) is 11.9 Å². The Morgan fingerprint density at radius 1 is 1.67 bits per heavy atom. The van der Waals surface area contributed by atoms with Crippen molar-refractivity contribution in [3.63, 3.8) is 0 Å². The number of carbonyl (C=O) groups excluding carboxylic acids is 1. The van der Waals surface area contributed by atoms with Crippen LogP contribution in [0.5, 0.6) is 0 Å². The molecule has 1 heterocycles. The second-order valence-electron chi connectivity index (χ2n) is 3.28. The molecule has 0 atom stereocenters. The van der Waals surface area contributed by atoms with Crippen molar-refractivity contribution in [1.82, 2.24) is 5.32 Å². The van der Waals surface area contributed by atoms with Crippen molar-refractivity contribution >= 4 is 17.2 Å². The molecule has 0 radical (unpaired) electrons. The lowest BCUT2D eigenvalue weighted by Crippen LogP contribution is -2.29. The van der Waals surface area contributed by atoms with Crippen molar-refractivity contribution in [2.75, 3.05) is 0 Å². The molecule has 1 rings (SSSR count). The first-order valence-electron chi connectivity index (χ1n) is 4.54. The van der Waals surface area contributed by atoms with E-state index < -0.39 is 0 Å². The standard InChI is InChI=1S/C9H12N4OS/c1-6(2)12-9(14)8-4-3-7(15-8)5-11-13-10/h3-4,6H,5H2,1-2H3,(H,12,14). The number of hydrogen-bond acceptors (Lipinski definition) is 3. The summed E-state index contributed by atoms with van der Waals surface area (Å²) < 4.78 is 0. The van der Waals surface area contributed by atoms with Crippen LogP contribution in [0.3, 0.4) is 0 Å². The summed E-state index contributed by atoms with van der Waals surface area (Å²) in [6, 6.07) is 3.67. The van der Waals surface area contributed by atoms with Gasteiger partial charge in [-0.25, -0.2) is 0 Å². The van der Waals surface area contributed by atoms with Gasteiger partial charge in [-0.1, -0.05) is 5.11 Å². The lowest BCUT2D eigenvalue weighted by molar-refractivity contribution is 0.0947. The van der Waals surface area contributed by atoms with Crippen molar-refractivity contribution < 1.29 is 4.79 Å². The van der Waals surface area contributed by atoms with Crippen LogP contribution in [0, 0.1) is 0 Å². The van der Waals surface area contributed by atoms with E-state index in [1.54, 1.807) is 12.1 Å². The molecule has 0 spiro atoms. The van der Waals surface area contributed by atoms with Crippen molar-refractivity contribution in [2.45, 2.75) is 26.4 Å². The Hall–Kier alpha value is -1.52. The van der Waals surface area contributed by atoms with Gasteiger partial charge < -0.3 is 5.32 Å². The van der Waals surface area contributed by atoms with Crippen LogP contribution in [-0.2, 0) is 6.54 Å². The Bertz CT molecular complexity index is 393. The first-order valence-corrected chi connectivity index (χ1v) is 5.35. The Balaban J connectivity index is 2.66. The van der Waals surface area contributed by atoms with Crippen molar-refractivity contribution in [3.8, 4) is 0 Å². The van der Waals surface area contributed by atoms with Crippen LogP contribution in [0.25, 0.3) is 10.4 Å². The molecule has 6 heteroatoms. The number of nitrogens with zero attached hydrogens (tertiary/aromatic N) is 3. The maximum atomic E-state index is 11.5. The lowest BCUT2D eigenvalue weighted by atomic mass is 10.3. The second kappa shape index (κ2) is 5.38. The number of nitrogens with one attached hydrogen (secondary N) is 1. The molecule has 0 aliphatic rings. The van der Waals surface area contributed by atoms with Crippen molar-refractivity contribution in [2.24, 2.45) is 5.11 Å². The fraction of sp³-hybridized carbons (Fsp3) is 0.444. The average Bonchev–Trinajstić information content (AvgIpc) is 2.62. The van der Waals surface area contributed by atoms with E-state index in [1.165, 1.54) is 11.3 Å². The molecule has 15 heavy (non-hydrogen) atoms. The minimum absolute atomic E-state index is 0.0813. The van der Waals surface area contributed by atoms with Gasteiger partial charge in [0.15, 0.2) is 0 Å². The van der Waals surface area contributed by atoms with E-state index in [1.807, 2.05) is 13.8 Å². The summed E-state index contributed by atoms with van der Waals surface area (Å²) in [7, 11) is 0. The third kappa shape index (κ3) is 3.61. The molecule has 0 bridgehead atoms. The van der Waals surface area contributed by atoms with Gasteiger partial charge in [-0.2, -0.15) is 0 Å². The SMILES string of the molecule is CC(C)NC(=O)c1ccc(CN=[N+]=[N-])s1. The number of thiophene rings is 1. The predicted octanol–water partition coefficient (Wildman–Crippen LogP) is 2.70. The molecule has 1 amide bonds. The molecular weight excluding hydrogens is 212 g/mol. The van der Waals surface area contributed by atoms with Gasteiger partial charge in [0, 0.05) is 15.8 Å². The largest absolute Gasteiger partial charge is 0.349 e. The Labute approximate surface area is 91.7 Å². The number of hydrogen-bond donors (Lipinski definition) is 1. The zero-order valence-electron chi connectivity index (χ0n) is 8.60. The summed E-state index contributed by atoms with van der Waals surface area (Å²) >= 11 is 1.35. The third-order valence-corrected chi connectivity index (χ3v) is 2.66. The smallest absolute Gasteiger partial charge is 0.261 e. The molecule has 0 unspecified atom stereocenters. The molecule has 0 saturated heterocycles. The quantitative estimate of drug-likeness (QED) is 0.476. The van der Waals surface area contributed by atoms with E-state index >= 15 is 0 Å². The molecule has 0 saturated carbocycles. The van der Waals surface area contributed by atoms with E-state index in [9.17, 15) is 4.79 Å². The first kappa shape index (κ1) is 11.6. The van der Waals surface area contributed by atoms with Crippen LogP contribution in [0.2, 0.25) is 0 Å². The van der Waals surface area contributed by atoms with Crippen LogP contribution in [0.15, 0.2) is 17.2 Å². The molecule has 0 aromatic carbocycles. The lowest BCUT2D eigenvalue weighted by Gasteiger charge is -2.05. The highest BCUT2D eigenvalue weighted by molar-refractivity contribution is 7.14. The monoisotopic (exact) mass is 224 g/mol. The van der Waals surface area contributed by atoms with Crippen LogP contribution in [0.1, 0.15) is 28.4 Å². The third-order valence-electron chi connectivity index (χ3n) is 1.60. The first-order chi connectivity index (χ1) is 7.13. The molecule has 0 fully saturated rings. The van der Waals surface area contributed by atoms with E-state index in [2.05, 4.69) is 15.3 Å². The molecule has 80 valence electrons. The van der Waals surface area contributed by atoms with Gasteiger partial charge in [0.25, 0.3) is 5.91 Å². The number of azide groups is 1. The van der Waals surface area contributed by atoms with Crippen LogP contribution in [0.4, 0.5) is 0 Å². The van der Waals surface area contributed by atoms with Crippen LogP contribution < -0.4 is 5.32 Å². The molecule has 0 aliphatic heterocycles. The summed E-state index contributed by atoms with van der Waals surface area (Å²) in [5, 5.41) is 6.23. The summed E-state index contributed by atoms with van der Waals surface area (Å²) in [6.07, 6.45) is 0. The summed E-state index contributed by atoms with van der Waals surface area (Å²) in [6.45, 7) is 4.12. The van der Waals surface area contributed by atoms with Gasteiger partial charge in [0.1, 0.15) is 0 Å². The summed E-state index contributed by atoms with van der Waals surface area (Å²) in [5.41, 5.74) is 8.15. The van der Waals surface area contributed by atoms with Gasteiger partial charge in [0.05, 0.1) is 11.4 Å². The normalized spacial score (nSPS) is 9.80. The minimum atomic E-state index is -0.0813. The highest BCUT2D eigenvalue weighted by Gasteiger charge is 2.09. The molecule has 1 aromatic rings. The van der Waals surface area contributed by atoms with E-state index in [0.717, 1.165) is 4.88 Å². The fourth-order valence-electron chi connectivity index (χ4n) is 1.02. The van der Waals surface area contributed by atoms with Crippen LogP contribution >= 0.6 is 11.3 Å². The molecule has 0 aliphatic carbocycles. The fourth-order valence-corrected chi connectivity index (χ4v) is 1.85. The highest BCUT2D eigenvalue weighted by atomic mass is 32.1. The zero-order chi connectivity index (χ0) is 11.3. The van der Waals surface area contributed by atoms with Gasteiger partial charge >= 0.3 is 0 Å². The van der Waals surface area contributed by atoms with Crippen molar-refractivity contribution in [1.29, 1.82) is 0 Å². The predicted molar refractivity (Wildman–Crippen MR) is 59.8 cm³/mol. The minimum Gasteiger partial charge on any atom is -0.349 e.